The molecule has 0 heterocycles. The second-order valence-electron chi connectivity index (χ2n) is 7.83. The number of carboxylic acid groups (broad SMARTS) is 1. The van der Waals surface area contributed by atoms with Crippen molar-refractivity contribution >= 4 is 29.6 Å². The molecule has 11 heteroatoms. The molecule has 0 spiro atoms. The second kappa shape index (κ2) is 13.5. The summed E-state index contributed by atoms with van der Waals surface area (Å²) in [6, 6.07) is 13.7. The van der Waals surface area contributed by atoms with Crippen molar-refractivity contribution in [1.29, 1.82) is 0 Å². The van der Waals surface area contributed by atoms with Crippen LogP contribution in [0.2, 0.25) is 0 Å². The van der Waals surface area contributed by atoms with Gasteiger partial charge in [-0.2, -0.15) is 0 Å². The van der Waals surface area contributed by atoms with Gasteiger partial charge in [0.25, 0.3) is 0 Å². The molecule has 0 aromatic heterocycles. The van der Waals surface area contributed by atoms with Crippen LogP contribution in [0.25, 0.3) is 0 Å². The SMILES string of the molecule is NCC(=O)NC(CC(N)=O)C(=O)NC(Cc1ccccc1)C(=O)NC(Cc1ccccc1)C(=O)O. The molecular formula is C24H29N5O6. The lowest BCUT2D eigenvalue weighted by molar-refractivity contribution is -0.142. The van der Waals surface area contributed by atoms with Crippen molar-refractivity contribution in [3.8, 4) is 0 Å². The van der Waals surface area contributed by atoms with Crippen molar-refractivity contribution in [3.05, 3.63) is 71.8 Å². The molecule has 0 saturated carbocycles. The van der Waals surface area contributed by atoms with Crippen LogP contribution in [-0.2, 0) is 36.8 Å². The molecule has 0 radical (unpaired) electrons. The first-order valence-electron chi connectivity index (χ1n) is 10.9. The number of carbonyl (C=O) groups excluding carboxylic acids is 4. The third-order valence-electron chi connectivity index (χ3n) is 5.06. The molecule has 11 nitrogen and oxygen atoms in total. The molecule has 0 bridgehead atoms. The summed E-state index contributed by atoms with van der Waals surface area (Å²) in [6.07, 6.45) is -0.446. The van der Waals surface area contributed by atoms with Crippen molar-refractivity contribution in [3.63, 3.8) is 0 Å². The van der Waals surface area contributed by atoms with Gasteiger partial charge >= 0.3 is 5.97 Å². The average Bonchev–Trinajstić information content (AvgIpc) is 2.83. The third kappa shape index (κ3) is 9.26. The summed E-state index contributed by atoms with van der Waals surface area (Å²) in [5, 5.41) is 16.9. The first-order valence-corrected chi connectivity index (χ1v) is 10.9. The van der Waals surface area contributed by atoms with E-state index < -0.39 is 60.7 Å². The molecule has 0 aliphatic rings. The number of rotatable bonds is 13. The van der Waals surface area contributed by atoms with Gasteiger partial charge in [-0.25, -0.2) is 4.79 Å². The van der Waals surface area contributed by atoms with Crippen LogP contribution in [-0.4, -0.2) is 59.4 Å². The van der Waals surface area contributed by atoms with Crippen LogP contribution < -0.4 is 27.4 Å². The summed E-state index contributed by atoms with van der Waals surface area (Å²) in [4.78, 5) is 60.9. The number of carbonyl (C=O) groups is 5. The largest absolute Gasteiger partial charge is 0.480 e. The zero-order chi connectivity index (χ0) is 25.8. The number of hydrogen-bond donors (Lipinski definition) is 6. The number of amides is 4. The fourth-order valence-corrected chi connectivity index (χ4v) is 3.32. The molecule has 0 saturated heterocycles. The van der Waals surface area contributed by atoms with E-state index in [9.17, 15) is 29.1 Å². The van der Waals surface area contributed by atoms with E-state index in [4.69, 9.17) is 11.5 Å². The van der Waals surface area contributed by atoms with E-state index in [1.165, 1.54) is 0 Å². The molecule has 2 aromatic carbocycles. The number of benzene rings is 2. The normalized spacial score (nSPS) is 13.1. The summed E-state index contributed by atoms with van der Waals surface area (Å²) >= 11 is 0. The van der Waals surface area contributed by atoms with E-state index in [0.717, 1.165) is 0 Å². The van der Waals surface area contributed by atoms with Crippen LogP contribution in [0.3, 0.4) is 0 Å². The van der Waals surface area contributed by atoms with Gasteiger partial charge in [-0.1, -0.05) is 60.7 Å². The highest BCUT2D eigenvalue weighted by molar-refractivity contribution is 5.95. The summed E-state index contributed by atoms with van der Waals surface area (Å²) in [6.45, 7) is -0.420. The van der Waals surface area contributed by atoms with Gasteiger partial charge in [0.15, 0.2) is 0 Å². The van der Waals surface area contributed by atoms with Crippen LogP contribution in [0.4, 0.5) is 0 Å². The number of nitrogens with one attached hydrogen (secondary N) is 3. The second-order valence-corrected chi connectivity index (χ2v) is 7.83. The lowest BCUT2D eigenvalue weighted by Crippen LogP contribution is -2.57. The minimum Gasteiger partial charge on any atom is -0.480 e. The lowest BCUT2D eigenvalue weighted by atomic mass is 10.0. The number of carboxylic acids is 1. The highest BCUT2D eigenvalue weighted by Gasteiger charge is 2.30. The molecular weight excluding hydrogens is 454 g/mol. The predicted molar refractivity (Wildman–Crippen MR) is 127 cm³/mol. The highest BCUT2D eigenvalue weighted by Crippen LogP contribution is 2.08. The Balaban J connectivity index is 2.23. The van der Waals surface area contributed by atoms with E-state index >= 15 is 0 Å². The van der Waals surface area contributed by atoms with E-state index in [-0.39, 0.29) is 12.8 Å². The van der Waals surface area contributed by atoms with Crippen molar-refractivity contribution < 1.29 is 29.1 Å². The van der Waals surface area contributed by atoms with E-state index in [1.807, 2.05) is 0 Å². The van der Waals surface area contributed by atoms with Gasteiger partial charge in [0, 0.05) is 12.8 Å². The van der Waals surface area contributed by atoms with Crippen molar-refractivity contribution in [2.45, 2.75) is 37.4 Å². The van der Waals surface area contributed by atoms with Crippen molar-refractivity contribution in [2.24, 2.45) is 11.5 Å². The Kier molecular flexibility index (Phi) is 10.4. The molecule has 186 valence electrons. The Morgan fingerprint density at radius 2 is 1.17 bits per heavy atom. The van der Waals surface area contributed by atoms with Gasteiger partial charge in [0.05, 0.1) is 13.0 Å². The van der Waals surface area contributed by atoms with Crippen LogP contribution in [0, 0.1) is 0 Å². The van der Waals surface area contributed by atoms with Crippen LogP contribution in [0.1, 0.15) is 17.5 Å². The summed E-state index contributed by atoms with van der Waals surface area (Å²) in [5.74, 6) is -4.36. The fraction of sp³-hybridized carbons (Fsp3) is 0.292. The summed E-state index contributed by atoms with van der Waals surface area (Å²) < 4.78 is 0. The van der Waals surface area contributed by atoms with Gasteiger partial charge in [-0.15, -0.1) is 0 Å². The van der Waals surface area contributed by atoms with Gasteiger partial charge < -0.3 is 32.5 Å². The molecule has 2 aromatic rings. The number of nitrogens with two attached hydrogens (primary N) is 2. The van der Waals surface area contributed by atoms with Crippen LogP contribution in [0.5, 0.6) is 0 Å². The molecule has 0 fully saturated rings. The molecule has 0 aliphatic carbocycles. The Morgan fingerprint density at radius 3 is 1.63 bits per heavy atom. The Hall–Kier alpha value is -4.25. The smallest absolute Gasteiger partial charge is 0.326 e. The van der Waals surface area contributed by atoms with E-state index in [1.54, 1.807) is 60.7 Å². The maximum Gasteiger partial charge on any atom is 0.326 e. The quantitative estimate of drug-likeness (QED) is 0.207. The fourth-order valence-electron chi connectivity index (χ4n) is 3.32. The highest BCUT2D eigenvalue weighted by atomic mass is 16.4. The first-order chi connectivity index (χ1) is 16.7. The number of primary amides is 1. The van der Waals surface area contributed by atoms with Gasteiger partial charge in [-0.3, -0.25) is 19.2 Å². The molecule has 3 atom stereocenters. The maximum atomic E-state index is 13.1. The first kappa shape index (κ1) is 27.0. The van der Waals surface area contributed by atoms with Gasteiger partial charge in [-0.05, 0) is 11.1 Å². The van der Waals surface area contributed by atoms with E-state index in [0.29, 0.717) is 11.1 Å². The van der Waals surface area contributed by atoms with Crippen LogP contribution >= 0.6 is 0 Å². The molecule has 8 N–H and O–H groups in total. The van der Waals surface area contributed by atoms with Gasteiger partial charge in [0.2, 0.25) is 23.6 Å². The molecule has 0 aliphatic heterocycles. The monoisotopic (exact) mass is 483 g/mol. The number of hydrogen-bond acceptors (Lipinski definition) is 6. The zero-order valence-electron chi connectivity index (χ0n) is 19.0. The predicted octanol–water partition coefficient (Wildman–Crippen LogP) is -1.16. The molecule has 3 unspecified atom stereocenters. The van der Waals surface area contributed by atoms with Gasteiger partial charge in [0.1, 0.15) is 18.1 Å². The lowest BCUT2D eigenvalue weighted by Gasteiger charge is -2.24. The molecule has 35 heavy (non-hydrogen) atoms. The van der Waals surface area contributed by atoms with Crippen LogP contribution in [0.15, 0.2) is 60.7 Å². The third-order valence-corrected chi connectivity index (χ3v) is 5.06. The Labute approximate surface area is 202 Å². The molecule has 4 amide bonds. The zero-order valence-corrected chi connectivity index (χ0v) is 19.0. The number of aliphatic carboxylic acids is 1. The average molecular weight is 484 g/mol. The maximum absolute atomic E-state index is 13.1. The summed E-state index contributed by atoms with van der Waals surface area (Å²) in [5.41, 5.74) is 11.9. The molecule has 2 rings (SSSR count). The topological polar surface area (TPSA) is 194 Å². The summed E-state index contributed by atoms with van der Waals surface area (Å²) in [7, 11) is 0. The Morgan fingerprint density at radius 1 is 0.714 bits per heavy atom. The standard InChI is InChI=1S/C24H29N5O6/c25-14-21(31)27-18(13-20(26)30)23(33)28-17(11-15-7-3-1-4-8-15)22(32)29-19(24(34)35)12-16-9-5-2-6-10-16/h1-10,17-19H,11-14,25H2,(H2,26,30)(H,27,31)(H,28,33)(H,29,32)(H,34,35). The van der Waals surface area contributed by atoms with Crippen molar-refractivity contribution in [1.82, 2.24) is 16.0 Å². The minimum absolute atomic E-state index is 0.0320. The van der Waals surface area contributed by atoms with Crippen molar-refractivity contribution in [2.75, 3.05) is 6.54 Å². The Bertz CT molecular complexity index is 1030. The van der Waals surface area contributed by atoms with E-state index in [2.05, 4.69) is 16.0 Å². The minimum atomic E-state index is -1.35.